The summed E-state index contributed by atoms with van der Waals surface area (Å²) >= 11 is 0. The van der Waals surface area contributed by atoms with Crippen molar-refractivity contribution in [1.29, 1.82) is 0 Å². The maximum absolute atomic E-state index is 6.00. The lowest BCUT2D eigenvalue weighted by molar-refractivity contribution is 0.0468. The zero-order valence-corrected chi connectivity index (χ0v) is 16.1. The zero-order chi connectivity index (χ0) is 18.7. The van der Waals surface area contributed by atoms with Crippen LogP contribution in [0.4, 0.5) is 0 Å². The number of hydrogen-bond donors (Lipinski definition) is 2. The Bertz CT molecular complexity index is 691. The molecule has 0 aliphatic heterocycles. The molecule has 0 radical (unpaired) electrons. The molecule has 1 aromatic carbocycles. The smallest absolute Gasteiger partial charge is 0.191 e. The van der Waals surface area contributed by atoms with Gasteiger partial charge in [0, 0.05) is 25.2 Å². The molecule has 6 nitrogen and oxygen atoms in total. The van der Waals surface area contributed by atoms with Gasteiger partial charge in [-0.05, 0) is 12.8 Å². The third-order valence-corrected chi connectivity index (χ3v) is 4.83. The van der Waals surface area contributed by atoms with Crippen LogP contribution in [0.25, 0.3) is 11.3 Å². The van der Waals surface area contributed by atoms with Gasteiger partial charge < -0.3 is 19.9 Å². The molecule has 1 fully saturated rings. The summed E-state index contributed by atoms with van der Waals surface area (Å²) < 4.78 is 11.4. The summed E-state index contributed by atoms with van der Waals surface area (Å²) in [7, 11) is 1.76. The summed E-state index contributed by atoms with van der Waals surface area (Å²) in [5, 5.41) is 10.7. The molecule has 6 heteroatoms. The van der Waals surface area contributed by atoms with E-state index in [0.717, 1.165) is 29.5 Å². The van der Waals surface area contributed by atoms with E-state index in [1.54, 1.807) is 7.05 Å². The lowest BCUT2D eigenvalue weighted by Gasteiger charge is -2.16. The summed E-state index contributed by atoms with van der Waals surface area (Å²) in [6.45, 7) is 2.00. The molecule has 0 spiro atoms. The molecule has 1 saturated carbocycles. The second-order valence-corrected chi connectivity index (χ2v) is 6.89. The predicted octanol–water partition coefficient (Wildman–Crippen LogP) is 3.75. The third kappa shape index (κ3) is 6.40. The third-order valence-electron chi connectivity index (χ3n) is 4.83. The Hall–Kier alpha value is -2.34. The van der Waals surface area contributed by atoms with Crippen molar-refractivity contribution >= 4 is 5.96 Å². The molecule has 1 aromatic heterocycles. The molecule has 2 N–H and O–H groups in total. The van der Waals surface area contributed by atoms with E-state index in [4.69, 9.17) is 9.26 Å². The van der Waals surface area contributed by atoms with Crippen molar-refractivity contribution in [2.45, 2.75) is 51.2 Å². The molecule has 2 aromatic rings. The standard InChI is InChI=1S/C21H30N4O2/c1-22-21(23-13-14-26-19-11-7-2-3-8-12-19)24-16-18-15-20(27-25-18)17-9-5-4-6-10-17/h4-6,9-10,15,19H,2-3,7-8,11-14,16H2,1H3,(H2,22,23,24). The summed E-state index contributed by atoms with van der Waals surface area (Å²) in [6.07, 6.45) is 8.11. The number of guanidine groups is 1. The normalized spacial score (nSPS) is 16.1. The fourth-order valence-corrected chi connectivity index (χ4v) is 3.33. The Morgan fingerprint density at radius 2 is 1.93 bits per heavy atom. The molecule has 27 heavy (non-hydrogen) atoms. The largest absolute Gasteiger partial charge is 0.376 e. The van der Waals surface area contributed by atoms with Crippen molar-refractivity contribution in [3.8, 4) is 11.3 Å². The Labute approximate surface area is 161 Å². The van der Waals surface area contributed by atoms with Gasteiger partial charge >= 0.3 is 0 Å². The van der Waals surface area contributed by atoms with Crippen molar-refractivity contribution < 1.29 is 9.26 Å². The highest BCUT2D eigenvalue weighted by Crippen LogP contribution is 2.20. The van der Waals surface area contributed by atoms with Gasteiger partial charge in [0.1, 0.15) is 5.69 Å². The molecule has 146 valence electrons. The summed E-state index contributed by atoms with van der Waals surface area (Å²) in [5.41, 5.74) is 1.86. The van der Waals surface area contributed by atoms with Gasteiger partial charge in [0.25, 0.3) is 0 Å². The molecule has 0 saturated heterocycles. The molecule has 0 unspecified atom stereocenters. The van der Waals surface area contributed by atoms with Crippen molar-refractivity contribution in [2.75, 3.05) is 20.2 Å². The van der Waals surface area contributed by atoms with Gasteiger partial charge in [0.15, 0.2) is 11.7 Å². The van der Waals surface area contributed by atoms with Gasteiger partial charge in [-0.3, -0.25) is 4.99 Å². The van der Waals surface area contributed by atoms with Crippen LogP contribution in [0.15, 0.2) is 45.9 Å². The maximum Gasteiger partial charge on any atom is 0.191 e. The van der Waals surface area contributed by atoms with Crippen molar-refractivity contribution in [1.82, 2.24) is 15.8 Å². The first kappa shape index (κ1) is 19.4. The van der Waals surface area contributed by atoms with E-state index in [-0.39, 0.29) is 0 Å². The minimum Gasteiger partial charge on any atom is -0.376 e. The minimum absolute atomic E-state index is 0.427. The van der Waals surface area contributed by atoms with Crippen molar-refractivity contribution in [2.24, 2.45) is 4.99 Å². The van der Waals surface area contributed by atoms with E-state index in [1.165, 1.54) is 38.5 Å². The Balaban J connectivity index is 1.37. The molecule has 1 aliphatic rings. The number of aromatic nitrogens is 1. The molecule has 0 bridgehead atoms. The fourth-order valence-electron chi connectivity index (χ4n) is 3.33. The van der Waals surface area contributed by atoms with E-state index in [0.29, 0.717) is 19.3 Å². The summed E-state index contributed by atoms with van der Waals surface area (Å²) in [5.74, 6) is 1.51. The first-order chi connectivity index (χ1) is 13.3. The number of ether oxygens (including phenoxy) is 1. The number of benzene rings is 1. The van der Waals surface area contributed by atoms with Crippen LogP contribution in [0.1, 0.15) is 44.2 Å². The van der Waals surface area contributed by atoms with Crippen LogP contribution in [-0.4, -0.2) is 37.4 Å². The van der Waals surface area contributed by atoms with Crippen LogP contribution >= 0.6 is 0 Å². The summed E-state index contributed by atoms with van der Waals surface area (Å²) in [4.78, 5) is 4.25. The molecular formula is C21H30N4O2. The molecule has 1 aliphatic carbocycles. The number of nitrogens with one attached hydrogen (secondary N) is 2. The molecule has 0 amide bonds. The van der Waals surface area contributed by atoms with Crippen LogP contribution in [0.3, 0.4) is 0 Å². The van der Waals surface area contributed by atoms with Crippen molar-refractivity contribution in [3.05, 3.63) is 42.1 Å². The number of aliphatic imine (C=N–C) groups is 1. The highest BCUT2D eigenvalue weighted by Gasteiger charge is 2.12. The van der Waals surface area contributed by atoms with Gasteiger partial charge in [-0.25, -0.2) is 0 Å². The van der Waals surface area contributed by atoms with E-state index < -0.39 is 0 Å². The Morgan fingerprint density at radius 1 is 1.15 bits per heavy atom. The Morgan fingerprint density at radius 3 is 2.67 bits per heavy atom. The SMILES string of the molecule is CN=C(NCCOC1CCCCCC1)NCc1cc(-c2ccccc2)on1. The highest BCUT2D eigenvalue weighted by atomic mass is 16.5. The van der Waals surface area contributed by atoms with Crippen LogP contribution < -0.4 is 10.6 Å². The topological polar surface area (TPSA) is 71.7 Å². The van der Waals surface area contributed by atoms with Crippen LogP contribution in [0.2, 0.25) is 0 Å². The predicted molar refractivity (Wildman–Crippen MR) is 108 cm³/mol. The van der Waals surface area contributed by atoms with E-state index in [2.05, 4.69) is 20.8 Å². The zero-order valence-electron chi connectivity index (χ0n) is 16.1. The first-order valence-electron chi connectivity index (χ1n) is 9.92. The highest BCUT2D eigenvalue weighted by molar-refractivity contribution is 5.79. The number of rotatable bonds is 7. The second-order valence-electron chi connectivity index (χ2n) is 6.89. The van der Waals surface area contributed by atoms with Gasteiger partial charge in [0.05, 0.1) is 19.3 Å². The molecular weight excluding hydrogens is 340 g/mol. The van der Waals surface area contributed by atoms with E-state index in [1.807, 2.05) is 36.4 Å². The lowest BCUT2D eigenvalue weighted by atomic mass is 10.1. The van der Waals surface area contributed by atoms with Crippen LogP contribution in [0.5, 0.6) is 0 Å². The van der Waals surface area contributed by atoms with Crippen molar-refractivity contribution in [3.63, 3.8) is 0 Å². The molecule has 0 atom stereocenters. The lowest BCUT2D eigenvalue weighted by Crippen LogP contribution is -2.39. The minimum atomic E-state index is 0.427. The van der Waals surface area contributed by atoms with Gasteiger partial charge in [-0.1, -0.05) is 61.2 Å². The first-order valence-corrected chi connectivity index (χ1v) is 9.92. The second kappa shape index (κ2) is 10.7. The van der Waals surface area contributed by atoms with Gasteiger partial charge in [-0.15, -0.1) is 0 Å². The van der Waals surface area contributed by atoms with E-state index >= 15 is 0 Å². The van der Waals surface area contributed by atoms with Crippen LogP contribution in [-0.2, 0) is 11.3 Å². The van der Waals surface area contributed by atoms with E-state index in [9.17, 15) is 0 Å². The molecule has 1 heterocycles. The van der Waals surface area contributed by atoms with Gasteiger partial charge in [-0.2, -0.15) is 0 Å². The summed E-state index contributed by atoms with van der Waals surface area (Å²) in [6, 6.07) is 11.9. The van der Waals surface area contributed by atoms with Crippen LogP contribution in [0, 0.1) is 0 Å². The fraction of sp³-hybridized carbons (Fsp3) is 0.524. The number of nitrogens with zero attached hydrogens (tertiary/aromatic N) is 2. The quantitative estimate of drug-likeness (QED) is 0.336. The average Bonchev–Trinajstić information content (AvgIpc) is 3.04. The monoisotopic (exact) mass is 370 g/mol. The van der Waals surface area contributed by atoms with Gasteiger partial charge in [0.2, 0.25) is 0 Å². The Kier molecular flexibility index (Phi) is 7.71. The number of hydrogen-bond acceptors (Lipinski definition) is 4. The maximum atomic E-state index is 6.00. The average molecular weight is 370 g/mol. The molecule has 3 rings (SSSR count).